The van der Waals surface area contributed by atoms with Crippen LogP contribution in [-0.2, 0) is 11.2 Å². The van der Waals surface area contributed by atoms with Crippen molar-refractivity contribution in [3.63, 3.8) is 0 Å². The molecule has 0 unspecified atom stereocenters. The van der Waals surface area contributed by atoms with Gasteiger partial charge in [-0.1, -0.05) is 26.0 Å². The molecule has 1 saturated heterocycles. The minimum atomic E-state index is -0.883. The van der Waals surface area contributed by atoms with E-state index in [2.05, 4.69) is 23.7 Å². The molecule has 0 atom stereocenters. The van der Waals surface area contributed by atoms with Crippen LogP contribution in [0.25, 0.3) is 11.1 Å². The molecule has 1 fully saturated rings. The first kappa shape index (κ1) is 19.3. The number of piperidine rings is 1. The van der Waals surface area contributed by atoms with Gasteiger partial charge in [0.25, 0.3) is 0 Å². The second-order valence-electron chi connectivity index (χ2n) is 8.22. The minimum Gasteiger partial charge on any atom is -0.481 e. The van der Waals surface area contributed by atoms with E-state index in [4.69, 9.17) is 0 Å². The van der Waals surface area contributed by atoms with Crippen molar-refractivity contribution in [2.75, 3.05) is 18.0 Å². The van der Waals surface area contributed by atoms with Crippen molar-refractivity contribution < 1.29 is 14.3 Å². The quantitative estimate of drug-likeness (QED) is 0.843. The lowest BCUT2D eigenvalue weighted by atomic mass is 9.82. The van der Waals surface area contributed by atoms with E-state index in [-0.39, 0.29) is 17.7 Å². The molecule has 4 nitrogen and oxygen atoms in total. The van der Waals surface area contributed by atoms with E-state index in [9.17, 15) is 14.3 Å². The largest absolute Gasteiger partial charge is 0.481 e. The Kier molecular flexibility index (Phi) is 5.22. The fourth-order valence-corrected chi connectivity index (χ4v) is 3.79. The molecule has 27 heavy (non-hydrogen) atoms. The topological polar surface area (TPSA) is 53.4 Å². The summed E-state index contributed by atoms with van der Waals surface area (Å²) >= 11 is 0. The van der Waals surface area contributed by atoms with Crippen LogP contribution in [0.3, 0.4) is 0 Å². The van der Waals surface area contributed by atoms with Gasteiger partial charge in [-0.15, -0.1) is 0 Å². The van der Waals surface area contributed by atoms with Crippen molar-refractivity contribution in [1.82, 2.24) is 4.98 Å². The molecule has 5 heteroatoms. The number of pyridine rings is 1. The molecule has 2 heterocycles. The van der Waals surface area contributed by atoms with E-state index < -0.39 is 5.97 Å². The van der Waals surface area contributed by atoms with Gasteiger partial charge in [-0.3, -0.25) is 9.78 Å². The summed E-state index contributed by atoms with van der Waals surface area (Å²) in [5, 5.41) is 9.45. The number of nitrogens with zero attached hydrogens (tertiary/aromatic N) is 2. The summed E-state index contributed by atoms with van der Waals surface area (Å²) in [4.78, 5) is 18.2. The van der Waals surface area contributed by atoms with Gasteiger partial charge in [0.2, 0.25) is 0 Å². The number of hydrogen-bond acceptors (Lipinski definition) is 3. The molecular weight excluding hydrogens is 343 g/mol. The maximum atomic E-state index is 14.2. The Bertz CT molecular complexity index is 867. The van der Waals surface area contributed by atoms with Gasteiger partial charge in [-0.2, -0.15) is 0 Å². The first-order valence-corrected chi connectivity index (χ1v) is 9.40. The summed E-state index contributed by atoms with van der Waals surface area (Å²) in [6.07, 6.45) is 3.73. The minimum absolute atomic E-state index is 0.0870. The van der Waals surface area contributed by atoms with Crippen LogP contribution in [0.2, 0.25) is 0 Å². The maximum Gasteiger partial charge on any atom is 0.307 e. The van der Waals surface area contributed by atoms with Gasteiger partial charge < -0.3 is 10.0 Å². The molecule has 1 aliphatic heterocycles. The summed E-state index contributed by atoms with van der Waals surface area (Å²) in [7, 11) is 0. The molecule has 1 aliphatic rings. The van der Waals surface area contributed by atoms with Gasteiger partial charge in [0, 0.05) is 36.1 Å². The Morgan fingerprint density at radius 3 is 2.52 bits per heavy atom. The van der Waals surface area contributed by atoms with Crippen LogP contribution in [0.5, 0.6) is 0 Å². The highest BCUT2D eigenvalue weighted by atomic mass is 19.1. The van der Waals surface area contributed by atoms with E-state index >= 15 is 0 Å². The van der Waals surface area contributed by atoms with Crippen LogP contribution in [0.15, 0.2) is 24.4 Å². The van der Waals surface area contributed by atoms with Gasteiger partial charge >= 0.3 is 5.97 Å². The number of benzene rings is 1. The summed E-state index contributed by atoms with van der Waals surface area (Å²) < 4.78 is 14.2. The van der Waals surface area contributed by atoms with Crippen LogP contribution >= 0.6 is 0 Å². The van der Waals surface area contributed by atoms with Crippen molar-refractivity contribution >= 4 is 11.7 Å². The number of aromatic nitrogens is 1. The first-order valence-electron chi connectivity index (χ1n) is 9.40. The summed E-state index contributed by atoms with van der Waals surface area (Å²) in [5.41, 5.74) is 4.76. The number of anilines is 1. The third-order valence-electron chi connectivity index (χ3n) is 5.68. The average molecular weight is 370 g/mol. The fourth-order valence-electron chi connectivity index (χ4n) is 3.79. The summed E-state index contributed by atoms with van der Waals surface area (Å²) in [6.45, 7) is 9.83. The van der Waals surface area contributed by atoms with E-state index in [1.54, 1.807) is 19.2 Å². The SMILES string of the molecule is Cc1ncc(-c2cccc(F)c2C)c(N2CCC(C)(C)CC2)c1CC(=O)O. The third kappa shape index (κ3) is 3.97. The van der Waals surface area contributed by atoms with E-state index in [1.165, 1.54) is 6.07 Å². The van der Waals surface area contributed by atoms with Crippen molar-refractivity contribution in [1.29, 1.82) is 0 Å². The Labute approximate surface area is 160 Å². The molecular formula is C22H27FN2O2. The molecule has 0 spiro atoms. The highest BCUT2D eigenvalue weighted by Gasteiger charge is 2.29. The van der Waals surface area contributed by atoms with Gasteiger partial charge in [0.1, 0.15) is 5.82 Å². The number of halogens is 1. The molecule has 144 valence electrons. The van der Waals surface area contributed by atoms with Crippen molar-refractivity contribution in [2.24, 2.45) is 5.41 Å². The predicted octanol–water partition coefficient (Wildman–Crippen LogP) is 4.76. The number of aryl methyl sites for hydroxylation is 1. The number of aliphatic carboxylic acids is 1. The fraction of sp³-hybridized carbons (Fsp3) is 0.455. The zero-order valence-corrected chi connectivity index (χ0v) is 16.5. The molecule has 2 aromatic rings. The molecule has 0 radical (unpaired) electrons. The first-order chi connectivity index (χ1) is 12.7. The standard InChI is InChI=1S/C22H27FN2O2/c1-14-16(6-5-7-19(14)23)18-13-24-15(2)17(12-20(26)27)21(18)25-10-8-22(3,4)9-11-25/h5-7,13H,8-12H2,1-4H3,(H,26,27). The molecule has 1 aromatic heterocycles. The molecule has 0 aliphatic carbocycles. The number of carboxylic acid groups (broad SMARTS) is 1. The zero-order valence-electron chi connectivity index (χ0n) is 16.5. The van der Waals surface area contributed by atoms with Crippen LogP contribution in [0.4, 0.5) is 10.1 Å². The summed E-state index contributed by atoms with van der Waals surface area (Å²) in [5.74, 6) is -1.15. The number of carbonyl (C=O) groups is 1. The van der Waals surface area contributed by atoms with E-state index in [1.807, 2.05) is 13.0 Å². The van der Waals surface area contributed by atoms with Crippen molar-refractivity contribution in [3.8, 4) is 11.1 Å². The summed E-state index contributed by atoms with van der Waals surface area (Å²) in [6, 6.07) is 5.02. The van der Waals surface area contributed by atoms with Crippen LogP contribution < -0.4 is 4.90 Å². The number of rotatable bonds is 4. The van der Waals surface area contributed by atoms with Gasteiger partial charge in [-0.25, -0.2) is 4.39 Å². The molecule has 0 saturated carbocycles. The zero-order chi connectivity index (χ0) is 19.8. The van der Waals surface area contributed by atoms with Crippen molar-refractivity contribution in [2.45, 2.75) is 47.0 Å². The molecule has 1 aromatic carbocycles. The highest BCUT2D eigenvalue weighted by Crippen LogP contribution is 2.40. The van der Waals surface area contributed by atoms with Crippen molar-refractivity contribution in [3.05, 3.63) is 47.0 Å². The second kappa shape index (κ2) is 7.29. The molecule has 0 bridgehead atoms. The number of carboxylic acids is 1. The molecule has 1 N–H and O–H groups in total. The van der Waals surface area contributed by atoms with Gasteiger partial charge in [0.15, 0.2) is 0 Å². The van der Waals surface area contributed by atoms with Gasteiger partial charge in [-0.05, 0) is 49.3 Å². The Hall–Kier alpha value is -2.43. The lowest BCUT2D eigenvalue weighted by molar-refractivity contribution is -0.136. The predicted molar refractivity (Wildman–Crippen MR) is 106 cm³/mol. The Balaban J connectivity index is 2.19. The molecule has 3 rings (SSSR count). The monoisotopic (exact) mass is 370 g/mol. The average Bonchev–Trinajstić information content (AvgIpc) is 2.59. The lowest BCUT2D eigenvalue weighted by Crippen LogP contribution is -2.38. The molecule has 0 amide bonds. The number of hydrogen-bond donors (Lipinski definition) is 1. The normalized spacial score (nSPS) is 16.4. The van der Waals surface area contributed by atoms with E-state index in [0.717, 1.165) is 54.0 Å². The Morgan fingerprint density at radius 1 is 1.22 bits per heavy atom. The smallest absolute Gasteiger partial charge is 0.307 e. The second-order valence-corrected chi connectivity index (χ2v) is 8.22. The van der Waals surface area contributed by atoms with Crippen LogP contribution in [0.1, 0.15) is 43.5 Å². The maximum absolute atomic E-state index is 14.2. The third-order valence-corrected chi connectivity index (χ3v) is 5.68. The Morgan fingerprint density at radius 2 is 1.89 bits per heavy atom. The van der Waals surface area contributed by atoms with E-state index in [0.29, 0.717) is 5.56 Å². The van der Waals surface area contributed by atoms with Gasteiger partial charge in [0.05, 0.1) is 12.1 Å². The highest BCUT2D eigenvalue weighted by molar-refractivity contribution is 5.85. The van der Waals surface area contributed by atoms with Crippen LogP contribution in [-0.4, -0.2) is 29.1 Å². The van der Waals surface area contributed by atoms with Crippen LogP contribution in [0, 0.1) is 25.1 Å². The lowest BCUT2D eigenvalue weighted by Gasteiger charge is -2.40.